The van der Waals surface area contributed by atoms with Crippen molar-refractivity contribution in [2.75, 3.05) is 33.2 Å². The summed E-state index contributed by atoms with van der Waals surface area (Å²) in [4.78, 5) is 21.5. The minimum atomic E-state index is -0.138. The fourth-order valence-corrected chi connectivity index (χ4v) is 3.30. The fraction of sp³-hybridized carbons (Fsp3) is 0.250. The van der Waals surface area contributed by atoms with Gasteiger partial charge in [-0.1, -0.05) is 48.0 Å². The lowest BCUT2D eigenvalue weighted by molar-refractivity contribution is 0.0652. The van der Waals surface area contributed by atoms with Gasteiger partial charge in [-0.3, -0.25) is 4.79 Å². The molecule has 27 heavy (non-hydrogen) atoms. The van der Waals surface area contributed by atoms with Crippen molar-refractivity contribution in [2.24, 2.45) is 0 Å². The quantitative estimate of drug-likeness (QED) is 0.700. The number of rotatable bonds is 3. The average molecular weight is 382 g/mol. The molecule has 7 heteroatoms. The molecule has 1 aromatic heterocycles. The standard InChI is InChI=1S/C20H20ClN5O/c1-24-10-12-25(13-11-24)20(27)18-22-19(15-6-3-2-4-7-15)26(23-18)17-9-5-8-16(21)14-17/h2-9,14H,10-13H2,1H3. The van der Waals surface area contributed by atoms with Gasteiger partial charge in [0.15, 0.2) is 5.82 Å². The number of likely N-dealkylation sites (N-methyl/N-ethyl adjacent to an activating group) is 1. The lowest BCUT2D eigenvalue weighted by Gasteiger charge is -2.31. The molecule has 0 bridgehead atoms. The van der Waals surface area contributed by atoms with Crippen molar-refractivity contribution in [1.82, 2.24) is 24.6 Å². The number of halogens is 1. The molecule has 138 valence electrons. The second kappa shape index (κ2) is 7.50. The Kier molecular flexibility index (Phi) is 4.92. The first-order valence-electron chi connectivity index (χ1n) is 8.88. The van der Waals surface area contributed by atoms with E-state index < -0.39 is 0 Å². The molecule has 1 aliphatic rings. The first kappa shape index (κ1) is 17.7. The second-order valence-corrected chi connectivity index (χ2v) is 7.05. The van der Waals surface area contributed by atoms with Gasteiger partial charge in [-0.2, -0.15) is 0 Å². The molecule has 1 amide bonds. The number of hydrogen-bond acceptors (Lipinski definition) is 4. The van der Waals surface area contributed by atoms with E-state index in [2.05, 4.69) is 22.0 Å². The van der Waals surface area contributed by atoms with Crippen molar-refractivity contribution < 1.29 is 4.79 Å². The van der Waals surface area contributed by atoms with Crippen LogP contribution in [-0.2, 0) is 0 Å². The van der Waals surface area contributed by atoms with Gasteiger partial charge < -0.3 is 9.80 Å². The Balaban J connectivity index is 1.75. The maximum atomic E-state index is 12.9. The van der Waals surface area contributed by atoms with Gasteiger partial charge in [0.1, 0.15) is 0 Å². The summed E-state index contributed by atoms with van der Waals surface area (Å²) in [7, 11) is 2.06. The van der Waals surface area contributed by atoms with Crippen LogP contribution < -0.4 is 0 Å². The summed E-state index contributed by atoms with van der Waals surface area (Å²) in [5.74, 6) is 0.690. The van der Waals surface area contributed by atoms with Crippen molar-refractivity contribution >= 4 is 17.5 Å². The lowest BCUT2D eigenvalue weighted by atomic mass is 10.2. The zero-order valence-corrected chi connectivity index (χ0v) is 15.8. The monoisotopic (exact) mass is 381 g/mol. The predicted molar refractivity (Wildman–Crippen MR) is 105 cm³/mol. The van der Waals surface area contributed by atoms with Crippen molar-refractivity contribution in [2.45, 2.75) is 0 Å². The van der Waals surface area contributed by atoms with Crippen LogP contribution in [0.25, 0.3) is 17.1 Å². The number of carbonyl (C=O) groups excluding carboxylic acids is 1. The summed E-state index contributed by atoms with van der Waals surface area (Å²) in [5, 5.41) is 5.14. The molecule has 1 fully saturated rings. The van der Waals surface area contributed by atoms with Gasteiger partial charge in [0, 0.05) is 36.8 Å². The van der Waals surface area contributed by atoms with Crippen molar-refractivity contribution in [3.05, 3.63) is 65.4 Å². The average Bonchev–Trinajstić information content (AvgIpc) is 3.14. The van der Waals surface area contributed by atoms with Crippen LogP contribution in [0, 0.1) is 0 Å². The van der Waals surface area contributed by atoms with Crippen LogP contribution in [0.4, 0.5) is 0 Å². The normalized spacial score (nSPS) is 15.1. The Morgan fingerprint density at radius 1 is 1.00 bits per heavy atom. The molecule has 0 atom stereocenters. The molecule has 1 aliphatic heterocycles. The molecule has 0 radical (unpaired) electrons. The van der Waals surface area contributed by atoms with E-state index in [1.807, 2.05) is 53.4 Å². The molecule has 0 N–H and O–H groups in total. The van der Waals surface area contributed by atoms with Gasteiger partial charge in [-0.25, -0.2) is 9.67 Å². The maximum Gasteiger partial charge on any atom is 0.293 e. The van der Waals surface area contributed by atoms with E-state index in [4.69, 9.17) is 11.6 Å². The topological polar surface area (TPSA) is 54.3 Å². The highest BCUT2D eigenvalue weighted by atomic mass is 35.5. The molecule has 2 heterocycles. The van der Waals surface area contributed by atoms with Crippen LogP contribution in [-0.4, -0.2) is 63.7 Å². The zero-order valence-electron chi connectivity index (χ0n) is 15.0. The van der Waals surface area contributed by atoms with E-state index in [0.29, 0.717) is 23.9 Å². The number of piperazine rings is 1. The fourth-order valence-electron chi connectivity index (χ4n) is 3.12. The van der Waals surface area contributed by atoms with E-state index in [1.165, 1.54) is 0 Å². The van der Waals surface area contributed by atoms with Crippen LogP contribution in [0.15, 0.2) is 54.6 Å². The number of benzene rings is 2. The van der Waals surface area contributed by atoms with Gasteiger partial charge >= 0.3 is 0 Å². The second-order valence-electron chi connectivity index (χ2n) is 6.61. The number of hydrogen-bond donors (Lipinski definition) is 0. The van der Waals surface area contributed by atoms with E-state index in [-0.39, 0.29) is 11.7 Å². The minimum absolute atomic E-state index is 0.138. The zero-order chi connectivity index (χ0) is 18.8. The molecule has 0 aliphatic carbocycles. The Labute approximate surface area is 163 Å². The molecule has 0 unspecified atom stereocenters. The van der Waals surface area contributed by atoms with Crippen LogP contribution in [0.2, 0.25) is 5.02 Å². The number of aromatic nitrogens is 3. The first-order chi connectivity index (χ1) is 13.1. The largest absolute Gasteiger partial charge is 0.333 e. The number of carbonyl (C=O) groups is 1. The molecule has 1 saturated heterocycles. The number of nitrogens with zero attached hydrogens (tertiary/aromatic N) is 5. The van der Waals surface area contributed by atoms with Gasteiger partial charge in [-0.15, -0.1) is 5.10 Å². The van der Waals surface area contributed by atoms with Gasteiger partial charge in [-0.05, 0) is 25.2 Å². The molecule has 2 aromatic carbocycles. The smallest absolute Gasteiger partial charge is 0.293 e. The highest BCUT2D eigenvalue weighted by molar-refractivity contribution is 6.30. The summed E-state index contributed by atoms with van der Waals surface area (Å²) in [6.45, 7) is 3.07. The number of amides is 1. The van der Waals surface area contributed by atoms with Crippen LogP contribution >= 0.6 is 11.6 Å². The Morgan fingerprint density at radius 2 is 1.74 bits per heavy atom. The lowest BCUT2D eigenvalue weighted by Crippen LogP contribution is -2.47. The van der Waals surface area contributed by atoms with Crippen molar-refractivity contribution in [1.29, 1.82) is 0 Å². The summed E-state index contributed by atoms with van der Waals surface area (Å²) >= 11 is 6.16. The highest BCUT2D eigenvalue weighted by Crippen LogP contribution is 2.23. The summed E-state index contributed by atoms with van der Waals surface area (Å²) < 4.78 is 1.69. The van der Waals surface area contributed by atoms with E-state index >= 15 is 0 Å². The summed E-state index contributed by atoms with van der Waals surface area (Å²) in [5.41, 5.74) is 1.66. The summed E-state index contributed by atoms with van der Waals surface area (Å²) in [6.07, 6.45) is 0. The summed E-state index contributed by atoms with van der Waals surface area (Å²) in [6, 6.07) is 17.1. The molecule has 6 nitrogen and oxygen atoms in total. The molecule has 3 aromatic rings. The molecule has 0 saturated carbocycles. The van der Waals surface area contributed by atoms with Crippen LogP contribution in [0.1, 0.15) is 10.6 Å². The molecular formula is C20H20ClN5O. The van der Waals surface area contributed by atoms with Gasteiger partial charge in [0.05, 0.1) is 5.69 Å². The van der Waals surface area contributed by atoms with E-state index in [1.54, 1.807) is 10.7 Å². The third-order valence-electron chi connectivity index (χ3n) is 4.67. The molecular weight excluding hydrogens is 362 g/mol. The Hall–Kier alpha value is -2.70. The van der Waals surface area contributed by atoms with Crippen LogP contribution in [0.3, 0.4) is 0 Å². The van der Waals surface area contributed by atoms with Crippen LogP contribution in [0.5, 0.6) is 0 Å². The van der Waals surface area contributed by atoms with Crippen molar-refractivity contribution in [3.8, 4) is 17.1 Å². The Morgan fingerprint density at radius 3 is 2.44 bits per heavy atom. The molecule has 0 spiro atoms. The minimum Gasteiger partial charge on any atom is -0.333 e. The highest BCUT2D eigenvalue weighted by Gasteiger charge is 2.25. The molecule has 4 rings (SSSR count). The van der Waals surface area contributed by atoms with E-state index in [0.717, 1.165) is 24.3 Å². The maximum absolute atomic E-state index is 12.9. The third-order valence-corrected chi connectivity index (χ3v) is 4.91. The Bertz CT molecular complexity index is 948. The van der Waals surface area contributed by atoms with E-state index in [9.17, 15) is 4.79 Å². The van der Waals surface area contributed by atoms with Crippen molar-refractivity contribution in [3.63, 3.8) is 0 Å². The third kappa shape index (κ3) is 3.72. The SMILES string of the molecule is CN1CCN(C(=O)c2nc(-c3ccccc3)n(-c3cccc(Cl)c3)n2)CC1. The predicted octanol–water partition coefficient (Wildman–Crippen LogP) is 2.98. The van der Waals surface area contributed by atoms with Gasteiger partial charge in [0.2, 0.25) is 5.82 Å². The van der Waals surface area contributed by atoms with Gasteiger partial charge in [0.25, 0.3) is 5.91 Å². The first-order valence-corrected chi connectivity index (χ1v) is 9.26.